The molecule has 1 aromatic carbocycles. The molecule has 4 N–H and O–H groups in total. The average Bonchev–Trinajstić information content (AvgIpc) is 3.12. The lowest BCUT2D eigenvalue weighted by atomic mass is 10.1. The monoisotopic (exact) mass is 454 g/mol. The highest BCUT2D eigenvalue weighted by Crippen LogP contribution is 2.39. The van der Waals surface area contributed by atoms with Crippen molar-refractivity contribution in [2.24, 2.45) is 0 Å². The van der Waals surface area contributed by atoms with Crippen molar-refractivity contribution >= 4 is 32.6 Å². The Bertz CT molecular complexity index is 1200. The molecule has 12 heteroatoms. The van der Waals surface area contributed by atoms with Gasteiger partial charge in [0.15, 0.2) is 0 Å². The number of rotatable bonds is 5. The van der Waals surface area contributed by atoms with E-state index in [9.17, 15) is 21.6 Å². The molecule has 0 spiro atoms. The molecule has 1 saturated heterocycles. The van der Waals surface area contributed by atoms with E-state index in [4.69, 9.17) is 0 Å². The molecule has 4 rings (SSSR count). The predicted molar refractivity (Wildman–Crippen MR) is 112 cm³/mol. The second-order valence-corrected chi connectivity index (χ2v) is 9.19. The van der Waals surface area contributed by atoms with E-state index < -0.39 is 21.8 Å². The highest BCUT2D eigenvalue weighted by Gasteiger charge is 2.36. The number of alkyl halides is 3. The maximum atomic E-state index is 13.7. The van der Waals surface area contributed by atoms with Crippen LogP contribution in [0, 0.1) is 0 Å². The van der Waals surface area contributed by atoms with Gasteiger partial charge in [-0.3, -0.25) is 4.72 Å². The zero-order valence-corrected chi connectivity index (χ0v) is 17.4. The van der Waals surface area contributed by atoms with Gasteiger partial charge in [0.25, 0.3) is 0 Å². The van der Waals surface area contributed by atoms with E-state index in [1.54, 1.807) is 12.1 Å². The van der Waals surface area contributed by atoms with E-state index >= 15 is 0 Å². The number of nitrogens with zero attached hydrogens (tertiary/aromatic N) is 2. The van der Waals surface area contributed by atoms with E-state index in [0.717, 1.165) is 31.8 Å². The number of sulfonamides is 1. The van der Waals surface area contributed by atoms with Crippen LogP contribution in [0.1, 0.15) is 18.4 Å². The Kier molecular flexibility index (Phi) is 5.52. The molecule has 0 bridgehead atoms. The quantitative estimate of drug-likeness (QED) is 0.471. The van der Waals surface area contributed by atoms with Gasteiger partial charge in [-0.2, -0.15) is 13.2 Å². The number of piperidine rings is 1. The van der Waals surface area contributed by atoms with E-state index in [-0.39, 0.29) is 28.9 Å². The van der Waals surface area contributed by atoms with Crippen LogP contribution in [0.15, 0.2) is 30.6 Å². The number of para-hydroxylation sites is 1. The number of hydrogen-bond acceptors (Lipinski definition) is 6. The third kappa shape index (κ3) is 4.74. The second kappa shape index (κ2) is 8.00. The Morgan fingerprint density at radius 1 is 1.26 bits per heavy atom. The van der Waals surface area contributed by atoms with Gasteiger partial charge in [-0.1, -0.05) is 12.1 Å². The van der Waals surface area contributed by atoms with Crippen LogP contribution in [-0.2, 0) is 16.2 Å². The molecule has 8 nitrogen and oxygen atoms in total. The maximum Gasteiger partial charge on any atom is 0.419 e. The number of fused-ring (bicyclic) bond motifs is 1. The zero-order chi connectivity index (χ0) is 22.2. The number of H-pyrrole nitrogens is 1. The van der Waals surface area contributed by atoms with Gasteiger partial charge in [0.05, 0.1) is 23.2 Å². The fourth-order valence-electron chi connectivity index (χ4n) is 3.66. The summed E-state index contributed by atoms with van der Waals surface area (Å²) < 4.78 is 66.8. The Labute approximate surface area is 176 Å². The van der Waals surface area contributed by atoms with Gasteiger partial charge in [-0.25, -0.2) is 18.4 Å². The minimum Gasteiger partial charge on any atom is -0.359 e. The van der Waals surface area contributed by atoms with Crippen molar-refractivity contribution in [3.8, 4) is 11.3 Å². The molecular formula is C19H21F3N6O2S. The summed E-state index contributed by atoms with van der Waals surface area (Å²) in [6.45, 7) is 1.57. The smallest absolute Gasteiger partial charge is 0.359 e. The molecule has 1 aliphatic heterocycles. The Morgan fingerprint density at radius 3 is 2.74 bits per heavy atom. The molecule has 0 amide bonds. The first-order valence-corrected chi connectivity index (χ1v) is 11.5. The van der Waals surface area contributed by atoms with Crippen LogP contribution in [-0.4, -0.2) is 48.8 Å². The summed E-state index contributed by atoms with van der Waals surface area (Å²) in [5.74, 6) is 0.108. The van der Waals surface area contributed by atoms with Crippen molar-refractivity contribution < 1.29 is 21.6 Å². The fraction of sp³-hybridized carbons (Fsp3) is 0.368. The van der Waals surface area contributed by atoms with E-state index in [1.165, 1.54) is 12.3 Å². The molecule has 3 heterocycles. The number of nitrogens with one attached hydrogen (secondary N) is 4. The first-order valence-electron chi connectivity index (χ1n) is 9.61. The molecule has 2 aromatic heterocycles. The van der Waals surface area contributed by atoms with Crippen molar-refractivity contribution in [1.82, 2.24) is 20.3 Å². The first kappa shape index (κ1) is 21.4. The summed E-state index contributed by atoms with van der Waals surface area (Å²) in [6, 6.07) is 4.72. The molecule has 1 atom stereocenters. The number of benzene rings is 1. The zero-order valence-electron chi connectivity index (χ0n) is 16.5. The maximum absolute atomic E-state index is 13.7. The number of halogens is 3. The van der Waals surface area contributed by atoms with Crippen LogP contribution in [0.2, 0.25) is 0 Å². The second-order valence-electron chi connectivity index (χ2n) is 7.45. The summed E-state index contributed by atoms with van der Waals surface area (Å²) >= 11 is 0. The third-order valence-electron chi connectivity index (χ3n) is 4.99. The van der Waals surface area contributed by atoms with E-state index in [0.29, 0.717) is 17.4 Å². The summed E-state index contributed by atoms with van der Waals surface area (Å²) in [5.41, 5.74) is -0.452. The molecule has 31 heavy (non-hydrogen) atoms. The van der Waals surface area contributed by atoms with Crippen LogP contribution in [0.4, 0.5) is 24.8 Å². The third-order valence-corrected chi connectivity index (χ3v) is 5.58. The standard InChI is InChI=1S/C19H21F3N6O2S/c1-31(29,30)28-15-6-2-5-12-13(9-24-17(12)15)16-14(19(20,21)22)10-25-18(27-16)26-11-4-3-7-23-8-11/h2,5-6,9-11,23-24,28H,3-4,7-8H2,1H3,(H,25,26,27). The van der Waals surface area contributed by atoms with Crippen molar-refractivity contribution in [2.75, 3.05) is 29.4 Å². The average molecular weight is 454 g/mol. The number of aromatic nitrogens is 3. The van der Waals surface area contributed by atoms with Gasteiger partial charge in [0, 0.05) is 35.9 Å². The van der Waals surface area contributed by atoms with Gasteiger partial charge >= 0.3 is 6.18 Å². The number of anilines is 2. The van der Waals surface area contributed by atoms with Crippen molar-refractivity contribution in [1.29, 1.82) is 0 Å². The molecule has 0 saturated carbocycles. The Balaban J connectivity index is 1.80. The van der Waals surface area contributed by atoms with Gasteiger partial charge in [0.2, 0.25) is 16.0 Å². The molecule has 1 aliphatic rings. The summed E-state index contributed by atoms with van der Waals surface area (Å²) in [7, 11) is -3.57. The predicted octanol–water partition coefficient (Wildman–Crippen LogP) is 3.18. The first-order chi connectivity index (χ1) is 14.6. The van der Waals surface area contributed by atoms with E-state index in [2.05, 4.69) is 30.3 Å². The molecular weight excluding hydrogens is 433 g/mol. The molecule has 3 aromatic rings. The molecule has 1 unspecified atom stereocenters. The van der Waals surface area contributed by atoms with Crippen molar-refractivity contribution in [2.45, 2.75) is 25.1 Å². The molecule has 0 aliphatic carbocycles. The molecule has 1 fully saturated rings. The minimum atomic E-state index is -4.66. The van der Waals surface area contributed by atoms with Crippen molar-refractivity contribution in [3.63, 3.8) is 0 Å². The van der Waals surface area contributed by atoms with Crippen molar-refractivity contribution in [3.05, 3.63) is 36.2 Å². The lowest BCUT2D eigenvalue weighted by molar-refractivity contribution is -0.137. The number of hydrogen-bond donors (Lipinski definition) is 4. The normalized spacial score (nSPS) is 17.6. The number of aromatic amines is 1. The van der Waals surface area contributed by atoms with Crippen LogP contribution < -0.4 is 15.4 Å². The van der Waals surface area contributed by atoms with E-state index in [1.807, 2.05) is 0 Å². The lowest BCUT2D eigenvalue weighted by Gasteiger charge is -2.24. The SMILES string of the molecule is CS(=O)(=O)Nc1cccc2c(-c3nc(NC4CCCNC4)ncc3C(F)(F)F)c[nH]c12. The van der Waals surface area contributed by atoms with Crippen LogP contribution in [0.3, 0.4) is 0 Å². The topological polar surface area (TPSA) is 112 Å². The van der Waals surface area contributed by atoms with Crippen LogP contribution in [0.25, 0.3) is 22.2 Å². The molecule has 166 valence electrons. The van der Waals surface area contributed by atoms with Crippen LogP contribution >= 0.6 is 0 Å². The summed E-state index contributed by atoms with van der Waals surface area (Å²) in [6.07, 6.45) is 0.316. The highest BCUT2D eigenvalue weighted by atomic mass is 32.2. The lowest BCUT2D eigenvalue weighted by Crippen LogP contribution is -2.38. The van der Waals surface area contributed by atoms with Gasteiger partial charge in [0.1, 0.15) is 5.56 Å². The summed E-state index contributed by atoms with van der Waals surface area (Å²) in [4.78, 5) is 11.0. The van der Waals surface area contributed by atoms with Gasteiger partial charge in [-0.05, 0) is 25.5 Å². The largest absolute Gasteiger partial charge is 0.419 e. The molecule has 0 radical (unpaired) electrons. The minimum absolute atomic E-state index is 0.0202. The fourth-order valence-corrected chi connectivity index (χ4v) is 4.23. The summed E-state index contributed by atoms with van der Waals surface area (Å²) in [5, 5.41) is 6.73. The highest BCUT2D eigenvalue weighted by molar-refractivity contribution is 7.92. The Morgan fingerprint density at radius 2 is 2.06 bits per heavy atom. The van der Waals surface area contributed by atoms with Gasteiger partial charge in [-0.15, -0.1) is 0 Å². The Hall–Kier alpha value is -2.86. The van der Waals surface area contributed by atoms with Gasteiger partial charge < -0.3 is 15.6 Å². The van der Waals surface area contributed by atoms with Crippen LogP contribution in [0.5, 0.6) is 0 Å².